The van der Waals surface area contributed by atoms with Crippen LogP contribution >= 0.6 is 0 Å². The largest absolute Gasteiger partial charge is 0.394 e. The summed E-state index contributed by atoms with van der Waals surface area (Å²) in [7, 11) is 0. The Hall–Kier alpha value is -0.930. The summed E-state index contributed by atoms with van der Waals surface area (Å²) in [4.78, 5) is 12.5. The van der Waals surface area contributed by atoms with Gasteiger partial charge in [-0.15, -0.1) is 0 Å². The maximum Gasteiger partial charge on any atom is 0.317 e. The second kappa shape index (κ2) is 11.3. The fraction of sp³-hybridized carbons (Fsp3) is 0.950. The van der Waals surface area contributed by atoms with Crippen molar-refractivity contribution in [3.8, 4) is 0 Å². The van der Waals surface area contributed by atoms with Gasteiger partial charge in [0.15, 0.2) is 0 Å². The number of aliphatic hydroxyl groups excluding tert-OH is 1. The Balaban J connectivity index is 1.36. The summed E-state index contributed by atoms with van der Waals surface area (Å²) in [6.45, 7) is 3.79. The molecule has 6 atom stereocenters. The molecule has 8 nitrogen and oxygen atoms in total. The summed E-state index contributed by atoms with van der Waals surface area (Å²) in [5.41, 5.74) is 0. The minimum absolute atomic E-state index is 0.0478. The van der Waals surface area contributed by atoms with Crippen LogP contribution in [0.2, 0.25) is 0 Å². The van der Waals surface area contributed by atoms with Crippen LogP contribution in [0.15, 0.2) is 0 Å². The summed E-state index contributed by atoms with van der Waals surface area (Å²) < 4.78 is 5.28. The van der Waals surface area contributed by atoms with Crippen LogP contribution in [0.3, 0.4) is 0 Å². The minimum atomic E-state index is -0.259. The summed E-state index contributed by atoms with van der Waals surface area (Å²) in [5, 5.41) is 25.1. The quantitative estimate of drug-likeness (QED) is 0.339. The molecule has 8 heteroatoms. The number of fused-ring (bicyclic) bond motifs is 1. The lowest BCUT2D eigenvalue weighted by Gasteiger charge is -2.40. The molecule has 3 fully saturated rings. The molecular formula is C20H39N5O3. The first-order chi connectivity index (χ1) is 13.6. The summed E-state index contributed by atoms with van der Waals surface area (Å²) >= 11 is 0. The molecule has 0 bridgehead atoms. The SMILES string of the molecule is CC1CC(NCCOCCO)NC(NC(=O)NC2CCC3CCCCC3C2)N1. The van der Waals surface area contributed by atoms with Gasteiger partial charge in [-0.05, 0) is 44.4 Å². The standard InChI is InChI=1S/C20H39N5O3/c1-14-12-18(21-8-10-28-11-9-26)24-19(22-14)25-20(27)23-17-7-6-15-4-2-3-5-16(15)13-17/h14-19,21-22,24,26H,2-13H2,1H3,(H2,23,25,27). The number of hydrogen-bond donors (Lipinski definition) is 6. The second-order valence-corrected chi connectivity index (χ2v) is 8.68. The van der Waals surface area contributed by atoms with E-state index in [0.29, 0.717) is 31.8 Å². The highest BCUT2D eigenvalue weighted by molar-refractivity contribution is 5.74. The number of aliphatic hydroxyl groups is 1. The number of urea groups is 1. The van der Waals surface area contributed by atoms with Crippen molar-refractivity contribution in [1.29, 1.82) is 0 Å². The van der Waals surface area contributed by atoms with Crippen LogP contribution in [-0.4, -0.2) is 62.0 Å². The van der Waals surface area contributed by atoms with E-state index in [2.05, 4.69) is 33.5 Å². The predicted molar refractivity (Wildman–Crippen MR) is 109 cm³/mol. The molecule has 28 heavy (non-hydrogen) atoms. The number of carbonyl (C=O) groups excluding carboxylic acids is 1. The lowest BCUT2D eigenvalue weighted by Crippen LogP contribution is -2.68. The van der Waals surface area contributed by atoms with Crippen LogP contribution in [0.25, 0.3) is 0 Å². The van der Waals surface area contributed by atoms with Crippen molar-refractivity contribution in [2.24, 2.45) is 11.8 Å². The number of ether oxygens (including phenoxy) is 1. The zero-order valence-electron chi connectivity index (χ0n) is 17.2. The van der Waals surface area contributed by atoms with Crippen LogP contribution in [-0.2, 0) is 4.74 Å². The van der Waals surface area contributed by atoms with E-state index in [0.717, 1.165) is 31.1 Å². The summed E-state index contributed by atoms with van der Waals surface area (Å²) in [6, 6.07) is 0.501. The molecule has 0 aromatic rings. The van der Waals surface area contributed by atoms with E-state index in [1.807, 2.05) is 0 Å². The van der Waals surface area contributed by atoms with Crippen LogP contribution < -0.4 is 26.6 Å². The fourth-order valence-corrected chi connectivity index (χ4v) is 5.08. The highest BCUT2D eigenvalue weighted by atomic mass is 16.5. The number of nitrogens with one attached hydrogen (secondary N) is 5. The Kier molecular flexibility index (Phi) is 8.79. The molecule has 2 amide bonds. The van der Waals surface area contributed by atoms with Crippen molar-refractivity contribution >= 4 is 6.03 Å². The fourth-order valence-electron chi connectivity index (χ4n) is 5.08. The zero-order valence-corrected chi connectivity index (χ0v) is 17.2. The molecule has 0 spiro atoms. The zero-order chi connectivity index (χ0) is 19.8. The van der Waals surface area contributed by atoms with Crippen molar-refractivity contribution in [3.05, 3.63) is 0 Å². The molecular weight excluding hydrogens is 358 g/mol. The lowest BCUT2D eigenvalue weighted by molar-refractivity contribution is 0.0888. The van der Waals surface area contributed by atoms with E-state index in [4.69, 9.17) is 9.84 Å². The monoisotopic (exact) mass is 397 g/mol. The predicted octanol–water partition coefficient (Wildman–Crippen LogP) is 0.824. The van der Waals surface area contributed by atoms with Gasteiger partial charge in [0.1, 0.15) is 6.29 Å². The van der Waals surface area contributed by atoms with Crippen LogP contribution in [0.4, 0.5) is 4.79 Å². The summed E-state index contributed by atoms with van der Waals surface area (Å²) in [6.07, 6.45) is 9.74. The van der Waals surface area contributed by atoms with E-state index in [-0.39, 0.29) is 25.1 Å². The van der Waals surface area contributed by atoms with Crippen LogP contribution in [0.1, 0.15) is 58.3 Å². The van der Waals surface area contributed by atoms with Crippen molar-refractivity contribution in [1.82, 2.24) is 26.6 Å². The Labute approximate surface area is 168 Å². The van der Waals surface area contributed by atoms with Crippen LogP contribution in [0, 0.1) is 11.8 Å². The maximum absolute atomic E-state index is 12.5. The van der Waals surface area contributed by atoms with Gasteiger partial charge in [-0.2, -0.15) is 0 Å². The Morgan fingerprint density at radius 2 is 1.86 bits per heavy atom. The first-order valence-electron chi connectivity index (χ1n) is 11.1. The molecule has 0 aromatic heterocycles. The number of hydrogen-bond acceptors (Lipinski definition) is 6. The molecule has 1 saturated heterocycles. The third-order valence-corrected chi connectivity index (χ3v) is 6.43. The van der Waals surface area contributed by atoms with Gasteiger partial charge in [0.25, 0.3) is 0 Å². The molecule has 162 valence electrons. The molecule has 2 aliphatic carbocycles. The lowest BCUT2D eigenvalue weighted by atomic mass is 9.69. The molecule has 3 aliphatic rings. The smallest absolute Gasteiger partial charge is 0.317 e. The van der Waals surface area contributed by atoms with E-state index in [1.54, 1.807) is 0 Å². The Morgan fingerprint density at radius 1 is 1.04 bits per heavy atom. The highest BCUT2D eigenvalue weighted by Crippen LogP contribution is 2.40. The topological polar surface area (TPSA) is 107 Å². The first-order valence-corrected chi connectivity index (χ1v) is 11.1. The molecule has 6 unspecified atom stereocenters. The maximum atomic E-state index is 12.5. The number of carbonyl (C=O) groups is 1. The third-order valence-electron chi connectivity index (χ3n) is 6.43. The van der Waals surface area contributed by atoms with Crippen molar-refractivity contribution in [2.45, 2.75) is 82.8 Å². The second-order valence-electron chi connectivity index (χ2n) is 8.68. The van der Waals surface area contributed by atoms with E-state index >= 15 is 0 Å². The van der Waals surface area contributed by atoms with E-state index < -0.39 is 0 Å². The van der Waals surface area contributed by atoms with Gasteiger partial charge < -0.3 is 20.5 Å². The van der Waals surface area contributed by atoms with Crippen molar-refractivity contribution in [2.75, 3.05) is 26.4 Å². The number of rotatable bonds is 8. The molecule has 2 saturated carbocycles. The Bertz CT molecular complexity index is 481. The van der Waals surface area contributed by atoms with Gasteiger partial charge in [0, 0.05) is 18.6 Å². The van der Waals surface area contributed by atoms with Gasteiger partial charge in [-0.25, -0.2) is 4.79 Å². The average molecular weight is 398 g/mol. The van der Waals surface area contributed by atoms with Crippen molar-refractivity contribution < 1.29 is 14.6 Å². The minimum Gasteiger partial charge on any atom is -0.394 e. The normalized spacial score (nSPS) is 35.8. The summed E-state index contributed by atoms with van der Waals surface area (Å²) in [5.74, 6) is 1.70. The van der Waals surface area contributed by atoms with Gasteiger partial charge in [-0.3, -0.25) is 16.0 Å². The molecule has 0 aromatic carbocycles. The van der Waals surface area contributed by atoms with E-state index in [9.17, 15) is 4.79 Å². The molecule has 3 rings (SSSR count). The highest BCUT2D eigenvalue weighted by Gasteiger charge is 2.33. The third kappa shape index (κ3) is 6.84. The van der Waals surface area contributed by atoms with Gasteiger partial charge in [0.2, 0.25) is 0 Å². The molecule has 6 N–H and O–H groups in total. The van der Waals surface area contributed by atoms with Crippen molar-refractivity contribution in [3.63, 3.8) is 0 Å². The van der Waals surface area contributed by atoms with Crippen LogP contribution in [0.5, 0.6) is 0 Å². The molecule has 0 radical (unpaired) electrons. The Morgan fingerprint density at radius 3 is 2.68 bits per heavy atom. The molecule has 1 aliphatic heterocycles. The molecule has 1 heterocycles. The first kappa shape index (κ1) is 21.8. The van der Waals surface area contributed by atoms with E-state index in [1.165, 1.54) is 32.1 Å². The number of amides is 2. The average Bonchev–Trinajstić information content (AvgIpc) is 2.67. The van der Waals surface area contributed by atoms with Gasteiger partial charge in [-0.1, -0.05) is 25.7 Å². The van der Waals surface area contributed by atoms with Gasteiger partial charge >= 0.3 is 6.03 Å². The van der Waals surface area contributed by atoms with Gasteiger partial charge in [0.05, 0.1) is 26.0 Å².